The van der Waals surface area contributed by atoms with Gasteiger partial charge in [0, 0.05) is 6.04 Å². The maximum absolute atomic E-state index is 14.1. The molecule has 1 aliphatic carbocycles. The Balaban J connectivity index is 1.45. The number of carbonyl (C=O) groups excluding carboxylic acids is 1. The molecule has 2 aliphatic heterocycles. The van der Waals surface area contributed by atoms with Crippen LogP contribution in [-0.4, -0.2) is 44.5 Å². The van der Waals surface area contributed by atoms with Gasteiger partial charge in [0.25, 0.3) is 5.91 Å². The number of ether oxygens (including phenoxy) is 1. The van der Waals surface area contributed by atoms with E-state index in [1.807, 2.05) is 4.90 Å². The standard InChI is InChI=1S/C23H22F2N4O2/c1-14-15-10-18(11-15)28(22(14)13-31-19-5-2-16(24)3-6-19)23(30)20-12-17(25)4-7-21(20)29-26-8-9-27-29/h2-9,12,14-15,18,22H,10-11,13H2,1H3/t14-,15?,18?,22+/m0/s1. The number of carbonyl (C=O) groups is 1. The highest BCUT2D eigenvalue weighted by atomic mass is 19.1. The predicted octanol–water partition coefficient (Wildman–Crippen LogP) is 3.86. The molecule has 1 aromatic heterocycles. The van der Waals surface area contributed by atoms with E-state index in [1.54, 1.807) is 12.1 Å². The first-order valence-corrected chi connectivity index (χ1v) is 10.4. The summed E-state index contributed by atoms with van der Waals surface area (Å²) in [6.45, 7) is 2.41. The van der Waals surface area contributed by atoms with Crippen LogP contribution in [0.15, 0.2) is 54.9 Å². The van der Waals surface area contributed by atoms with E-state index in [2.05, 4.69) is 17.1 Å². The Hall–Kier alpha value is -3.29. The van der Waals surface area contributed by atoms with Crippen LogP contribution in [0.3, 0.4) is 0 Å². The van der Waals surface area contributed by atoms with E-state index in [0.29, 0.717) is 17.4 Å². The Kier molecular flexibility index (Phi) is 4.92. The molecule has 3 heterocycles. The summed E-state index contributed by atoms with van der Waals surface area (Å²) in [6.07, 6.45) is 4.89. The number of nitrogens with zero attached hydrogens (tertiary/aromatic N) is 4. The van der Waals surface area contributed by atoms with Crippen molar-refractivity contribution in [2.75, 3.05) is 6.61 Å². The molecule has 1 saturated carbocycles. The third-order valence-corrected chi connectivity index (χ3v) is 6.54. The third-order valence-electron chi connectivity index (χ3n) is 6.54. The van der Waals surface area contributed by atoms with Crippen molar-refractivity contribution >= 4 is 5.91 Å². The average molecular weight is 424 g/mol. The smallest absolute Gasteiger partial charge is 0.256 e. The van der Waals surface area contributed by atoms with E-state index in [1.165, 1.54) is 47.5 Å². The van der Waals surface area contributed by atoms with Crippen LogP contribution in [0.1, 0.15) is 30.1 Å². The van der Waals surface area contributed by atoms with E-state index in [-0.39, 0.29) is 41.9 Å². The molecule has 3 aliphatic rings. The molecule has 3 aromatic rings. The zero-order valence-corrected chi connectivity index (χ0v) is 17.0. The normalized spacial score (nSPS) is 24.5. The maximum Gasteiger partial charge on any atom is 0.256 e. The van der Waals surface area contributed by atoms with E-state index >= 15 is 0 Å². The molecule has 0 unspecified atom stereocenters. The molecule has 6 nitrogen and oxygen atoms in total. The van der Waals surface area contributed by atoms with Crippen LogP contribution >= 0.6 is 0 Å². The number of aromatic nitrogens is 3. The van der Waals surface area contributed by atoms with Crippen LogP contribution in [-0.2, 0) is 0 Å². The topological polar surface area (TPSA) is 60.2 Å². The number of benzene rings is 2. The zero-order chi connectivity index (χ0) is 21.5. The molecular formula is C23H22F2N4O2. The Bertz CT molecular complexity index is 1080. The highest BCUT2D eigenvalue weighted by Gasteiger charge is 2.51. The molecule has 2 aromatic carbocycles. The molecular weight excluding hydrogens is 402 g/mol. The predicted molar refractivity (Wildman–Crippen MR) is 109 cm³/mol. The largest absolute Gasteiger partial charge is 0.491 e. The number of rotatable bonds is 5. The number of fused-ring (bicyclic) bond motifs is 2. The lowest BCUT2D eigenvalue weighted by Crippen LogP contribution is -2.64. The van der Waals surface area contributed by atoms with Gasteiger partial charge in [0.05, 0.1) is 29.7 Å². The SMILES string of the molecule is C[C@H]1C2CC(C2)N(C(=O)c2cc(F)ccc2-n2nccn2)[C@@H]1COc1ccc(F)cc1. The minimum absolute atomic E-state index is 0.0946. The van der Waals surface area contributed by atoms with Gasteiger partial charge < -0.3 is 9.64 Å². The summed E-state index contributed by atoms with van der Waals surface area (Å²) >= 11 is 0. The lowest BCUT2D eigenvalue weighted by Gasteiger charge is -2.57. The molecule has 8 heteroatoms. The summed E-state index contributed by atoms with van der Waals surface area (Å²) in [4.78, 5) is 16.9. The number of amides is 1. The molecule has 0 radical (unpaired) electrons. The first kappa shape index (κ1) is 19.7. The number of halogens is 2. The maximum atomic E-state index is 14.1. The van der Waals surface area contributed by atoms with Crippen LogP contribution in [0.25, 0.3) is 5.69 Å². The van der Waals surface area contributed by atoms with Crippen LogP contribution in [0, 0.1) is 23.5 Å². The van der Waals surface area contributed by atoms with Gasteiger partial charge in [-0.05, 0) is 67.1 Å². The first-order chi connectivity index (χ1) is 15.0. The molecule has 0 spiro atoms. The number of hydrogen-bond acceptors (Lipinski definition) is 4. The van der Waals surface area contributed by atoms with Crippen molar-refractivity contribution in [3.63, 3.8) is 0 Å². The van der Waals surface area contributed by atoms with Gasteiger partial charge in [-0.3, -0.25) is 4.79 Å². The van der Waals surface area contributed by atoms with Crippen LogP contribution in [0.4, 0.5) is 8.78 Å². The summed E-state index contributed by atoms with van der Waals surface area (Å²) < 4.78 is 33.2. The second kappa shape index (κ2) is 7.76. The second-order valence-corrected chi connectivity index (χ2v) is 8.27. The minimum Gasteiger partial charge on any atom is -0.491 e. The summed E-state index contributed by atoms with van der Waals surface area (Å²) in [5.41, 5.74) is 0.657. The van der Waals surface area contributed by atoms with Crippen molar-refractivity contribution in [2.45, 2.75) is 31.8 Å². The molecule has 2 atom stereocenters. The fourth-order valence-electron chi connectivity index (χ4n) is 4.72. The molecule has 3 fully saturated rings. The minimum atomic E-state index is -0.491. The highest BCUT2D eigenvalue weighted by molar-refractivity contribution is 5.98. The first-order valence-electron chi connectivity index (χ1n) is 10.4. The lowest BCUT2D eigenvalue weighted by molar-refractivity contribution is -0.0671. The highest BCUT2D eigenvalue weighted by Crippen LogP contribution is 2.47. The second-order valence-electron chi connectivity index (χ2n) is 8.27. The zero-order valence-electron chi connectivity index (χ0n) is 17.0. The average Bonchev–Trinajstić information content (AvgIpc) is 3.27. The van der Waals surface area contributed by atoms with Gasteiger partial charge in [-0.15, -0.1) is 0 Å². The summed E-state index contributed by atoms with van der Waals surface area (Å²) in [7, 11) is 0. The van der Waals surface area contributed by atoms with Gasteiger partial charge >= 0.3 is 0 Å². The Labute approximate surface area is 178 Å². The number of hydrogen-bond donors (Lipinski definition) is 0. The third kappa shape index (κ3) is 3.56. The van der Waals surface area contributed by atoms with Crippen molar-refractivity contribution in [1.29, 1.82) is 0 Å². The van der Waals surface area contributed by atoms with Gasteiger partial charge in [0.15, 0.2) is 0 Å². The molecule has 31 heavy (non-hydrogen) atoms. The summed E-state index contributed by atoms with van der Waals surface area (Å²) in [5.74, 6) is 0.240. The van der Waals surface area contributed by atoms with Crippen molar-refractivity contribution in [1.82, 2.24) is 19.9 Å². The molecule has 160 valence electrons. The van der Waals surface area contributed by atoms with Crippen molar-refractivity contribution in [3.05, 3.63) is 72.1 Å². The van der Waals surface area contributed by atoms with Crippen molar-refractivity contribution in [3.8, 4) is 11.4 Å². The van der Waals surface area contributed by atoms with Crippen LogP contribution in [0.2, 0.25) is 0 Å². The van der Waals surface area contributed by atoms with E-state index in [9.17, 15) is 13.6 Å². The van der Waals surface area contributed by atoms with Gasteiger partial charge in [-0.25, -0.2) is 8.78 Å². The molecule has 6 rings (SSSR count). The summed E-state index contributed by atoms with van der Waals surface area (Å²) in [6, 6.07) is 9.81. The Morgan fingerprint density at radius 2 is 1.74 bits per heavy atom. The molecule has 2 bridgehead atoms. The van der Waals surface area contributed by atoms with Crippen LogP contribution < -0.4 is 4.74 Å². The van der Waals surface area contributed by atoms with E-state index in [0.717, 1.165) is 12.8 Å². The van der Waals surface area contributed by atoms with Gasteiger partial charge in [-0.2, -0.15) is 15.0 Å². The van der Waals surface area contributed by atoms with Crippen LogP contribution in [0.5, 0.6) is 5.75 Å². The lowest BCUT2D eigenvalue weighted by atomic mass is 9.64. The number of piperidine rings is 2. The van der Waals surface area contributed by atoms with E-state index in [4.69, 9.17) is 4.74 Å². The molecule has 0 N–H and O–H groups in total. The summed E-state index contributed by atoms with van der Waals surface area (Å²) in [5, 5.41) is 8.21. The monoisotopic (exact) mass is 424 g/mol. The molecule has 2 saturated heterocycles. The van der Waals surface area contributed by atoms with Crippen molar-refractivity contribution < 1.29 is 18.3 Å². The van der Waals surface area contributed by atoms with Gasteiger partial charge in [0.1, 0.15) is 24.0 Å². The van der Waals surface area contributed by atoms with E-state index < -0.39 is 5.82 Å². The Morgan fingerprint density at radius 3 is 2.45 bits per heavy atom. The van der Waals surface area contributed by atoms with Gasteiger partial charge in [-0.1, -0.05) is 6.92 Å². The quantitative estimate of drug-likeness (QED) is 0.624. The fourth-order valence-corrected chi connectivity index (χ4v) is 4.72. The molecule has 1 amide bonds. The van der Waals surface area contributed by atoms with Gasteiger partial charge in [0.2, 0.25) is 0 Å². The fraction of sp³-hybridized carbons (Fsp3) is 0.348. The Morgan fingerprint density at radius 1 is 1.06 bits per heavy atom. The van der Waals surface area contributed by atoms with Crippen molar-refractivity contribution in [2.24, 2.45) is 11.8 Å².